The maximum atomic E-state index is 13.1. The minimum atomic E-state index is -0.344. The Hall–Kier alpha value is -1.81. The monoisotopic (exact) mass is 262 g/mol. The van der Waals surface area contributed by atoms with Gasteiger partial charge in [0, 0.05) is 12.6 Å². The molecular formula is C15H16F2N2. The zero-order valence-electron chi connectivity index (χ0n) is 10.7. The first-order valence-corrected chi connectivity index (χ1v) is 6.28. The summed E-state index contributed by atoms with van der Waals surface area (Å²) >= 11 is 0. The highest BCUT2D eigenvalue weighted by molar-refractivity contribution is 5.17. The van der Waals surface area contributed by atoms with E-state index in [4.69, 9.17) is 0 Å². The number of hydrogen-bond acceptors (Lipinski definition) is 2. The van der Waals surface area contributed by atoms with E-state index >= 15 is 0 Å². The number of benzene rings is 1. The van der Waals surface area contributed by atoms with Crippen LogP contribution in [0.3, 0.4) is 0 Å². The molecule has 1 heterocycles. The van der Waals surface area contributed by atoms with Gasteiger partial charge >= 0.3 is 0 Å². The molecule has 0 aliphatic heterocycles. The molecule has 4 heteroatoms. The highest BCUT2D eigenvalue weighted by Gasteiger charge is 2.10. The Labute approximate surface area is 111 Å². The van der Waals surface area contributed by atoms with Crippen molar-refractivity contribution < 1.29 is 8.78 Å². The predicted octanol–water partition coefficient (Wildman–Crippen LogP) is 3.60. The maximum Gasteiger partial charge on any atom is 0.141 e. The predicted molar refractivity (Wildman–Crippen MR) is 70.5 cm³/mol. The first kappa shape index (κ1) is 13.6. The SMILES string of the molecule is CCC(NCc1cccc(F)c1)c1ccc(F)cn1. The Bertz CT molecular complexity index is 526. The van der Waals surface area contributed by atoms with E-state index in [1.54, 1.807) is 12.1 Å². The maximum absolute atomic E-state index is 13.1. The largest absolute Gasteiger partial charge is 0.305 e. The van der Waals surface area contributed by atoms with E-state index in [1.807, 2.05) is 13.0 Å². The minimum Gasteiger partial charge on any atom is -0.305 e. The molecule has 19 heavy (non-hydrogen) atoms. The number of pyridine rings is 1. The first-order valence-electron chi connectivity index (χ1n) is 6.28. The molecule has 1 unspecified atom stereocenters. The van der Waals surface area contributed by atoms with E-state index in [2.05, 4.69) is 10.3 Å². The van der Waals surface area contributed by atoms with Crippen LogP contribution in [0, 0.1) is 11.6 Å². The average Bonchev–Trinajstić information content (AvgIpc) is 2.41. The molecule has 0 aliphatic rings. The Morgan fingerprint density at radius 2 is 2.00 bits per heavy atom. The van der Waals surface area contributed by atoms with E-state index in [0.29, 0.717) is 6.54 Å². The second-order valence-electron chi connectivity index (χ2n) is 4.37. The Balaban J connectivity index is 2.01. The first-order chi connectivity index (χ1) is 9.19. The molecule has 2 nitrogen and oxygen atoms in total. The quantitative estimate of drug-likeness (QED) is 0.890. The summed E-state index contributed by atoms with van der Waals surface area (Å²) in [5.41, 5.74) is 1.67. The summed E-state index contributed by atoms with van der Waals surface area (Å²) in [4.78, 5) is 4.07. The summed E-state index contributed by atoms with van der Waals surface area (Å²) in [6, 6.07) is 9.56. The van der Waals surface area contributed by atoms with Gasteiger partial charge in [-0.25, -0.2) is 8.78 Å². The lowest BCUT2D eigenvalue weighted by molar-refractivity contribution is 0.502. The third kappa shape index (κ3) is 3.83. The fourth-order valence-electron chi connectivity index (χ4n) is 1.94. The van der Waals surface area contributed by atoms with Crippen LogP contribution < -0.4 is 5.32 Å². The van der Waals surface area contributed by atoms with Crippen LogP contribution in [0.2, 0.25) is 0 Å². The van der Waals surface area contributed by atoms with Crippen LogP contribution in [-0.2, 0) is 6.54 Å². The third-order valence-corrected chi connectivity index (χ3v) is 2.96. The second-order valence-corrected chi connectivity index (χ2v) is 4.37. The minimum absolute atomic E-state index is 0.0314. The Morgan fingerprint density at radius 1 is 1.16 bits per heavy atom. The number of nitrogens with one attached hydrogen (secondary N) is 1. The number of aromatic nitrogens is 1. The summed E-state index contributed by atoms with van der Waals surface area (Å²) < 4.78 is 25.9. The smallest absolute Gasteiger partial charge is 0.141 e. The van der Waals surface area contributed by atoms with Crippen molar-refractivity contribution in [2.45, 2.75) is 25.9 Å². The van der Waals surface area contributed by atoms with Gasteiger partial charge in [0.15, 0.2) is 0 Å². The molecule has 0 saturated heterocycles. The molecular weight excluding hydrogens is 246 g/mol. The summed E-state index contributed by atoms with van der Waals surface area (Å²) in [5, 5.41) is 3.30. The lowest BCUT2D eigenvalue weighted by Gasteiger charge is -2.16. The van der Waals surface area contributed by atoms with Crippen molar-refractivity contribution in [1.82, 2.24) is 10.3 Å². The van der Waals surface area contributed by atoms with Gasteiger partial charge in [0.1, 0.15) is 11.6 Å². The molecule has 100 valence electrons. The van der Waals surface area contributed by atoms with Crippen molar-refractivity contribution in [3.8, 4) is 0 Å². The molecule has 0 saturated carbocycles. The summed E-state index contributed by atoms with van der Waals surface area (Å²) in [6.07, 6.45) is 2.04. The third-order valence-electron chi connectivity index (χ3n) is 2.96. The molecule has 2 rings (SSSR count). The fraction of sp³-hybridized carbons (Fsp3) is 0.267. The molecule has 2 aromatic rings. The average molecular weight is 262 g/mol. The summed E-state index contributed by atoms with van der Waals surface area (Å²) in [7, 11) is 0. The second kappa shape index (κ2) is 6.38. The standard InChI is InChI=1S/C15H16F2N2/c1-2-14(15-7-6-13(17)10-19-15)18-9-11-4-3-5-12(16)8-11/h3-8,10,14,18H,2,9H2,1H3. The molecule has 1 N–H and O–H groups in total. The van der Waals surface area contributed by atoms with Crippen LogP contribution in [0.25, 0.3) is 0 Å². The zero-order chi connectivity index (χ0) is 13.7. The van der Waals surface area contributed by atoms with Crippen molar-refractivity contribution >= 4 is 0 Å². The van der Waals surface area contributed by atoms with Gasteiger partial charge in [-0.3, -0.25) is 4.98 Å². The lowest BCUT2D eigenvalue weighted by Crippen LogP contribution is -2.21. The van der Waals surface area contributed by atoms with E-state index in [0.717, 1.165) is 17.7 Å². The van der Waals surface area contributed by atoms with E-state index in [1.165, 1.54) is 24.4 Å². The molecule has 0 amide bonds. The molecule has 0 bridgehead atoms. The number of nitrogens with zero attached hydrogens (tertiary/aromatic N) is 1. The van der Waals surface area contributed by atoms with Gasteiger partial charge in [-0.05, 0) is 36.2 Å². The molecule has 0 spiro atoms. The fourth-order valence-corrected chi connectivity index (χ4v) is 1.94. The van der Waals surface area contributed by atoms with Gasteiger partial charge in [0.2, 0.25) is 0 Å². The van der Waals surface area contributed by atoms with Gasteiger partial charge < -0.3 is 5.32 Å². The Kier molecular flexibility index (Phi) is 4.58. The van der Waals surface area contributed by atoms with Gasteiger partial charge in [0.05, 0.1) is 11.9 Å². The van der Waals surface area contributed by atoms with Crippen LogP contribution in [0.15, 0.2) is 42.6 Å². The van der Waals surface area contributed by atoms with E-state index < -0.39 is 0 Å². The normalized spacial score (nSPS) is 12.4. The molecule has 1 aromatic heterocycles. The van der Waals surface area contributed by atoms with Crippen molar-refractivity contribution in [3.63, 3.8) is 0 Å². The van der Waals surface area contributed by atoms with Crippen molar-refractivity contribution in [3.05, 3.63) is 65.5 Å². The number of hydrogen-bond donors (Lipinski definition) is 1. The van der Waals surface area contributed by atoms with Crippen LogP contribution in [0.5, 0.6) is 0 Å². The topological polar surface area (TPSA) is 24.9 Å². The zero-order valence-corrected chi connectivity index (χ0v) is 10.7. The van der Waals surface area contributed by atoms with Crippen LogP contribution in [0.1, 0.15) is 30.6 Å². The summed E-state index contributed by atoms with van der Waals surface area (Å²) in [5.74, 6) is -0.587. The van der Waals surface area contributed by atoms with Gasteiger partial charge in [0.25, 0.3) is 0 Å². The molecule has 0 fully saturated rings. The number of halogens is 2. The van der Waals surface area contributed by atoms with Crippen LogP contribution in [-0.4, -0.2) is 4.98 Å². The van der Waals surface area contributed by atoms with Crippen LogP contribution in [0.4, 0.5) is 8.78 Å². The highest BCUT2D eigenvalue weighted by atomic mass is 19.1. The van der Waals surface area contributed by atoms with Crippen molar-refractivity contribution in [1.29, 1.82) is 0 Å². The van der Waals surface area contributed by atoms with Gasteiger partial charge in [-0.15, -0.1) is 0 Å². The lowest BCUT2D eigenvalue weighted by atomic mass is 10.1. The summed E-state index contributed by atoms with van der Waals surface area (Å²) in [6.45, 7) is 2.57. The van der Waals surface area contributed by atoms with Crippen LogP contribution >= 0.6 is 0 Å². The molecule has 0 radical (unpaired) electrons. The number of rotatable bonds is 5. The molecule has 1 aromatic carbocycles. The van der Waals surface area contributed by atoms with E-state index in [9.17, 15) is 8.78 Å². The highest BCUT2D eigenvalue weighted by Crippen LogP contribution is 2.15. The molecule has 1 atom stereocenters. The molecule has 0 aliphatic carbocycles. The van der Waals surface area contributed by atoms with Gasteiger partial charge in [-0.2, -0.15) is 0 Å². The Morgan fingerprint density at radius 3 is 2.63 bits per heavy atom. The van der Waals surface area contributed by atoms with E-state index in [-0.39, 0.29) is 17.7 Å². The van der Waals surface area contributed by atoms with Crippen molar-refractivity contribution in [2.24, 2.45) is 0 Å². The van der Waals surface area contributed by atoms with Crippen molar-refractivity contribution in [2.75, 3.05) is 0 Å². The van der Waals surface area contributed by atoms with Gasteiger partial charge in [-0.1, -0.05) is 19.1 Å².